The summed E-state index contributed by atoms with van der Waals surface area (Å²) in [5.41, 5.74) is 2.61. The number of hydrogen-bond donors (Lipinski definition) is 1. The van der Waals surface area contributed by atoms with Gasteiger partial charge in [0, 0.05) is 13.1 Å². The lowest BCUT2D eigenvalue weighted by Crippen LogP contribution is -2.44. The zero-order valence-corrected chi connectivity index (χ0v) is 16.2. The summed E-state index contributed by atoms with van der Waals surface area (Å²) in [7, 11) is 0. The first-order valence-corrected chi connectivity index (χ1v) is 9.44. The minimum Gasteiger partial charge on any atom is -0.489 e. The van der Waals surface area contributed by atoms with Gasteiger partial charge in [-0.05, 0) is 64.4 Å². The molecule has 0 bridgehead atoms. The second kappa shape index (κ2) is 8.52. The standard InChI is InChI=1S/C20H27FN4O2/c1-4-25-15(3)20(14(2)23-25)22-19(26)13-24-11-5-6-18(12-24)27-17-9-7-16(21)8-10-17/h7-10,18H,4-6,11-13H2,1-3H3,(H,22,26)/t18-/m1/s1. The predicted molar refractivity (Wildman–Crippen MR) is 102 cm³/mol. The zero-order valence-electron chi connectivity index (χ0n) is 16.2. The summed E-state index contributed by atoms with van der Waals surface area (Å²) in [6.45, 7) is 8.53. The van der Waals surface area contributed by atoms with Crippen LogP contribution in [0.5, 0.6) is 5.75 Å². The van der Waals surface area contributed by atoms with Gasteiger partial charge in [0.25, 0.3) is 0 Å². The van der Waals surface area contributed by atoms with E-state index in [-0.39, 0.29) is 17.8 Å². The normalized spacial score (nSPS) is 17.7. The minimum absolute atomic E-state index is 0.00308. The highest BCUT2D eigenvalue weighted by Gasteiger charge is 2.23. The predicted octanol–water partition coefficient (Wildman–Crippen LogP) is 3.14. The highest BCUT2D eigenvalue weighted by Crippen LogP contribution is 2.21. The Morgan fingerprint density at radius 2 is 2.07 bits per heavy atom. The van der Waals surface area contributed by atoms with Gasteiger partial charge in [0.15, 0.2) is 0 Å². The largest absolute Gasteiger partial charge is 0.489 e. The van der Waals surface area contributed by atoms with Crippen LogP contribution in [0.4, 0.5) is 10.1 Å². The Bertz CT molecular complexity index is 788. The van der Waals surface area contributed by atoms with Gasteiger partial charge in [-0.3, -0.25) is 14.4 Å². The molecule has 27 heavy (non-hydrogen) atoms. The molecule has 2 aromatic rings. The Hall–Kier alpha value is -2.41. The van der Waals surface area contributed by atoms with Crippen LogP contribution in [-0.2, 0) is 11.3 Å². The van der Waals surface area contributed by atoms with Gasteiger partial charge in [0.2, 0.25) is 5.91 Å². The molecule has 0 aliphatic carbocycles. The second-order valence-corrected chi connectivity index (χ2v) is 6.98. The van der Waals surface area contributed by atoms with Crippen molar-refractivity contribution in [1.29, 1.82) is 0 Å². The van der Waals surface area contributed by atoms with Gasteiger partial charge in [-0.1, -0.05) is 0 Å². The number of nitrogens with zero attached hydrogens (tertiary/aromatic N) is 3. The Morgan fingerprint density at radius 1 is 1.33 bits per heavy atom. The first-order valence-electron chi connectivity index (χ1n) is 9.44. The van der Waals surface area contributed by atoms with E-state index in [0.29, 0.717) is 18.8 Å². The SMILES string of the molecule is CCn1nc(C)c(NC(=O)CN2CCC[C@@H](Oc3ccc(F)cc3)C2)c1C. The first-order chi connectivity index (χ1) is 13.0. The fourth-order valence-corrected chi connectivity index (χ4v) is 3.53. The third kappa shape index (κ3) is 4.86. The Balaban J connectivity index is 1.55. The third-order valence-electron chi connectivity index (χ3n) is 4.89. The lowest BCUT2D eigenvalue weighted by atomic mass is 10.1. The molecule has 0 unspecified atom stereocenters. The maximum absolute atomic E-state index is 13.0. The highest BCUT2D eigenvalue weighted by atomic mass is 19.1. The van der Waals surface area contributed by atoms with E-state index in [9.17, 15) is 9.18 Å². The van der Waals surface area contributed by atoms with E-state index in [1.807, 2.05) is 25.5 Å². The van der Waals surface area contributed by atoms with Gasteiger partial charge in [-0.25, -0.2) is 4.39 Å². The van der Waals surface area contributed by atoms with Crippen LogP contribution in [-0.4, -0.2) is 46.3 Å². The maximum atomic E-state index is 13.0. The van der Waals surface area contributed by atoms with Gasteiger partial charge >= 0.3 is 0 Å². The molecule has 1 aromatic carbocycles. The number of aryl methyl sites for hydroxylation is 2. The van der Waals surface area contributed by atoms with Gasteiger partial charge in [-0.2, -0.15) is 5.10 Å². The summed E-state index contributed by atoms with van der Waals surface area (Å²) in [5.74, 6) is 0.339. The average Bonchev–Trinajstić information content (AvgIpc) is 2.91. The maximum Gasteiger partial charge on any atom is 0.238 e. The van der Waals surface area contributed by atoms with E-state index >= 15 is 0 Å². The van der Waals surface area contributed by atoms with Crippen molar-refractivity contribution in [3.63, 3.8) is 0 Å². The summed E-state index contributed by atoms with van der Waals surface area (Å²) < 4.78 is 20.8. The fourth-order valence-electron chi connectivity index (χ4n) is 3.53. The van der Waals surface area contributed by atoms with Crippen LogP contribution in [0.25, 0.3) is 0 Å². The molecule has 1 aliphatic heterocycles. The summed E-state index contributed by atoms with van der Waals surface area (Å²) >= 11 is 0. The van der Waals surface area contributed by atoms with Crippen LogP contribution < -0.4 is 10.1 Å². The zero-order chi connectivity index (χ0) is 19.4. The van der Waals surface area contributed by atoms with Crippen molar-refractivity contribution in [2.45, 2.75) is 46.3 Å². The number of likely N-dealkylation sites (tertiary alicyclic amines) is 1. The molecular weight excluding hydrogens is 347 g/mol. The van der Waals surface area contributed by atoms with Crippen molar-refractivity contribution in [1.82, 2.24) is 14.7 Å². The van der Waals surface area contributed by atoms with Crippen LogP contribution in [0.15, 0.2) is 24.3 Å². The summed E-state index contributed by atoms with van der Waals surface area (Å²) in [5, 5.41) is 7.44. The van der Waals surface area contributed by atoms with Crippen LogP contribution >= 0.6 is 0 Å². The Morgan fingerprint density at radius 3 is 2.74 bits per heavy atom. The number of aromatic nitrogens is 2. The van der Waals surface area contributed by atoms with Gasteiger partial charge in [-0.15, -0.1) is 0 Å². The molecule has 7 heteroatoms. The molecule has 1 atom stereocenters. The molecule has 146 valence electrons. The number of halogens is 1. The molecule has 1 aromatic heterocycles. The van der Waals surface area contributed by atoms with Crippen molar-refractivity contribution >= 4 is 11.6 Å². The average molecular weight is 374 g/mol. The molecule has 1 saturated heterocycles. The van der Waals surface area contributed by atoms with Crippen LogP contribution in [0.2, 0.25) is 0 Å². The van der Waals surface area contributed by atoms with Crippen LogP contribution in [0, 0.1) is 19.7 Å². The molecule has 1 amide bonds. The Labute approximate surface area is 159 Å². The summed E-state index contributed by atoms with van der Waals surface area (Å²) in [6.07, 6.45) is 1.89. The molecule has 0 spiro atoms. The van der Waals surface area contributed by atoms with E-state index in [2.05, 4.69) is 15.3 Å². The van der Waals surface area contributed by atoms with Crippen LogP contribution in [0.1, 0.15) is 31.2 Å². The highest BCUT2D eigenvalue weighted by molar-refractivity contribution is 5.93. The molecule has 0 saturated carbocycles. The molecule has 3 rings (SSSR count). The number of rotatable bonds is 6. The van der Waals surface area contributed by atoms with E-state index in [1.165, 1.54) is 12.1 Å². The minimum atomic E-state index is -0.277. The Kier molecular flexibility index (Phi) is 6.11. The number of amides is 1. The monoisotopic (exact) mass is 374 g/mol. The number of carbonyl (C=O) groups excluding carboxylic acids is 1. The van der Waals surface area contributed by atoms with Gasteiger partial charge in [0.1, 0.15) is 17.7 Å². The van der Waals surface area contributed by atoms with Gasteiger partial charge < -0.3 is 10.1 Å². The molecule has 0 radical (unpaired) electrons. The quantitative estimate of drug-likeness (QED) is 0.844. The fraction of sp³-hybridized carbons (Fsp3) is 0.500. The number of hydrogen-bond acceptors (Lipinski definition) is 4. The lowest BCUT2D eigenvalue weighted by molar-refractivity contribution is -0.117. The van der Waals surface area contributed by atoms with Crippen molar-refractivity contribution in [3.8, 4) is 5.75 Å². The number of nitrogens with one attached hydrogen (secondary N) is 1. The van der Waals surface area contributed by atoms with Gasteiger partial charge in [0.05, 0.1) is 23.6 Å². The topological polar surface area (TPSA) is 59.4 Å². The van der Waals surface area contributed by atoms with E-state index in [0.717, 1.165) is 43.0 Å². The van der Waals surface area contributed by atoms with E-state index < -0.39 is 0 Å². The van der Waals surface area contributed by atoms with Crippen LogP contribution in [0.3, 0.4) is 0 Å². The molecule has 1 fully saturated rings. The molecule has 2 heterocycles. The molecule has 1 N–H and O–H groups in total. The van der Waals surface area contributed by atoms with Crippen molar-refractivity contribution in [2.24, 2.45) is 0 Å². The van der Waals surface area contributed by atoms with Crippen molar-refractivity contribution in [3.05, 3.63) is 41.5 Å². The number of piperidine rings is 1. The number of benzene rings is 1. The third-order valence-corrected chi connectivity index (χ3v) is 4.89. The molecule has 6 nitrogen and oxygen atoms in total. The second-order valence-electron chi connectivity index (χ2n) is 6.98. The van der Waals surface area contributed by atoms with E-state index in [4.69, 9.17) is 4.74 Å². The number of ether oxygens (including phenoxy) is 1. The number of carbonyl (C=O) groups is 1. The smallest absolute Gasteiger partial charge is 0.238 e. The summed E-state index contributed by atoms with van der Waals surface area (Å²) in [6, 6.07) is 6.06. The summed E-state index contributed by atoms with van der Waals surface area (Å²) in [4.78, 5) is 14.6. The lowest BCUT2D eigenvalue weighted by Gasteiger charge is -2.32. The van der Waals surface area contributed by atoms with Crippen molar-refractivity contribution in [2.75, 3.05) is 25.0 Å². The molecular formula is C20H27FN4O2. The first kappa shape index (κ1) is 19.4. The van der Waals surface area contributed by atoms with E-state index in [1.54, 1.807) is 12.1 Å². The molecule has 1 aliphatic rings. The van der Waals surface area contributed by atoms with Crippen molar-refractivity contribution < 1.29 is 13.9 Å². The number of anilines is 1.